The number of aliphatic hydroxyl groups excluding tert-OH is 1. The number of nitrogens with zero attached hydrogens (tertiary/aromatic N) is 1. The van der Waals surface area contributed by atoms with E-state index in [1.54, 1.807) is 6.20 Å². The Morgan fingerprint density at radius 1 is 1.59 bits per heavy atom. The van der Waals surface area contributed by atoms with Gasteiger partial charge in [-0.15, -0.1) is 0 Å². The van der Waals surface area contributed by atoms with Crippen LogP contribution in [0.3, 0.4) is 0 Å². The molecule has 1 aliphatic heterocycles. The van der Waals surface area contributed by atoms with Gasteiger partial charge in [0.05, 0.1) is 12.2 Å². The van der Waals surface area contributed by atoms with Crippen LogP contribution in [0.5, 0.6) is 0 Å². The fraction of sp³-hybridized carbons (Fsp3) is 0.615. The molecule has 3 nitrogen and oxygen atoms in total. The summed E-state index contributed by atoms with van der Waals surface area (Å²) in [6, 6.07) is 3.90. The lowest BCUT2D eigenvalue weighted by molar-refractivity contribution is 0.0314. The highest BCUT2D eigenvalue weighted by Crippen LogP contribution is 2.28. The first kappa shape index (κ1) is 13.0. The minimum Gasteiger partial charge on any atom is -0.392 e. The minimum atomic E-state index is -0.351. The second-order valence-electron chi connectivity index (χ2n) is 4.51. The molecule has 1 aromatic heterocycles. The summed E-state index contributed by atoms with van der Waals surface area (Å²) in [7, 11) is 0. The predicted molar refractivity (Wildman–Crippen MR) is 69.8 cm³/mol. The molecule has 1 aromatic rings. The Labute approximate surface area is 110 Å². The molecule has 0 saturated carbocycles. The molecule has 0 aliphatic carbocycles. The molecular weight excluding hydrogens is 282 g/mol. The average Bonchev–Trinajstić information content (AvgIpc) is 2.80. The summed E-state index contributed by atoms with van der Waals surface area (Å²) in [5.74, 6) is 0.255. The fourth-order valence-electron chi connectivity index (χ4n) is 2.42. The van der Waals surface area contributed by atoms with Crippen LogP contribution in [0.1, 0.15) is 25.5 Å². The Morgan fingerprint density at radius 2 is 2.41 bits per heavy atom. The van der Waals surface area contributed by atoms with Crippen molar-refractivity contribution in [3.8, 4) is 0 Å². The van der Waals surface area contributed by atoms with Gasteiger partial charge in [0.1, 0.15) is 0 Å². The van der Waals surface area contributed by atoms with E-state index in [0.29, 0.717) is 6.42 Å². The summed E-state index contributed by atoms with van der Waals surface area (Å²) in [6.07, 6.45) is 4.16. The predicted octanol–water partition coefficient (Wildman–Crippen LogP) is 2.56. The van der Waals surface area contributed by atoms with Gasteiger partial charge >= 0.3 is 0 Å². The Balaban J connectivity index is 1.96. The van der Waals surface area contributed by atoms with Crippen LogP contribution in [0.15, 0.2) is 22.8 Å². The standard InChI is InChI=1S/C13H18BrNO2/c1-2-13-11(5-6-17-13)12(16)7-10-4-3-9(14)8-15-10/h3-4,8,11-13,16H,2,5-7H2,1H3. The van der Waals surface area contributed by atoms with E-state index in [2.05, 4.69) is 27.8 Å². The van der Waals surface area contributed by atoms with Gasteiger partial charge in [0.15, 0.2) is 0 Å². The van der Waals surface area contributed by atoms with Crippen molar-refractivity contribution in [2.45, 2.75) is 38.4 Å². The quantitative estimate of drug-likeness (QED) is 0.929. The van der Waals surface area contributed by atoms with Gasteiger partial charge in [0.25, 0.3) is 0 Å². The molecule has 0 spiro atoms. The maximum absolute atomic E-state index is 10.2. The topological polar surface area (TPSA) is 42.4 Å². The molecule has 0 aromatic carbocycles. The lowest BCUT2D eigenvalue weighted by atomic mass is 9.90. The molecule has 1 saturated heterocycles. The number of rotatable bonds is 4. The van der Waals surface area contributed by atoms with E-state index in [9.17, 15) is 5.11 Å². The molecule has 4 heteroatoms. The van der Waals surface area contributed by atoms with E-state index >= 15 is 0 Å². The van der Waals surface area contributed by atoms with Crippen LogP contribution >= 0.6 is 15.9 Å². The van der Waals surface area contributed by atoms with E-state index in [1.807, 2.05) is 12.1 Å². The van der Waals surface area contributed by atoms with E-state index < -0.39 is 0 Å². The average molecular weight is 300 g/mol. The Morgan fingerprint density at radius 3 is 3.06 bits per heavy atom. The second kappa shape index (κ2) is 5.94. The summed E-state index contributed by atoms with van der Waals surface area (Å²) < 4.78 is 6.57. The van der Waals surface area contributed by atoms with Crippen molar-refractivity contribution >= 4 is 15.9 Å². The number of aromatic nitrogens is 1. The Bertz CT molecular complexity index is 355. The molecule has 0 amide bonds. The molecule has 2 heterocycles. The number of ether oxygens (including phenoxy) is 1. The van der Waals surface area contributed by atoms with Crippen LogP contribution in [0.25, 0.3) is 0 Å². The number of hydrogen-bond donors (Lipinski definition) is 1. The smallest absolute Gasteiger partial charge is 0.0649 e. The minimum absolute atomic E-state index is 0.209. The van der Waals surface area contributed by atoms with Gasteiger partial charge in [0.2, 0.25) is 0 Å². The zero-order valence-electron chi connectivity index (χ0n) is 9.97. The zero-order valence-corrected chi connectivity index (χ0v) is 11.6. The Kier molecular flexibility index (Phi) is 4.54. The van der Waals surface area contributed by atoms with Crippen molar-refractivity contribution < 1.29 is 9.84 Å². The van der Waals surface area contributed by atoms with Gasteiger partial charge < -0.3 is 9.84 Å². The van der Waals surface area contributed by atoms with Gasteiger partial charge in [-0.25, -0.2) is 0 Å². The molecule has 17 heavy (non-hydrogen) atoms. The van der Waals surface area contributed by atoms with Crippen molar-refractivity contribution in [3.05, 3.63) is 28.5 Å². The van der Waals surface area contributed by atoms with Crippen LogP contribution in [-0.4, -0.2) is 28.9 Å². The molecule has 2 rings (SSSR count). The number of pyridine rings is 1. The number of aliphatic hydroxyl groups is 1. The molecular formula is C13H18BrNO2. The van der Waals surface area contributed by atoms with Crippen LogP contribution < -0.4 is 0 Å². The molecule has 1 aliphatic rings. The van der Waals surface area contributed by atoms with E-state index in [-0.39, 0.29) is 18.1 Å². The summed E-state index contributed by atoms with van der Waals surface area (Å²) in [5.41, 5.74) is 0.933. The van der Waals surface area contributed by atoms with Gasteiger partial charge in [-0.2, -0.15) is 0 Å². The fourth-order valence-corrected chi connectivity index (χ4v) is 2.65. The largest absolute Gasteiger partial charge is 0.392 e. The summed E-state index contributed by atoms with van der Waals surface area (Å²) in [5, 5.41) is 10.2. The summed E-state index contributed by atoms with van der Waals surface area (Å²) in [4.78, 5) is 4.29. The first-order chi connectivity index (χ1) is 8.20. The molecule has 3 atom stereocenters. The monoisotopic (exact) mass is 299 g/mol. The van der Waals surface area contributed by atoms with E-state index in [1.165, 1.54) is 0 Å². The van der Waals surface area contributed by atoms with Crippen LogP contribution in [-0.2, 0) is 11.2 Å². The number of halogens is 1. The van der Waals surface area contributed by atoms with Crippen molar-refractivity contribution in [3.63, 3.8) is 0 Å². The van der Waals surface area contributed by atoms with Crippen molar-refractivity contribution in [1.82, 2.24) is 4.98 Å². The lowest BCUT2D eigenvalue weighted by Gasteiger charge is -2.22. The highest BCUT2D eigenvalue weighted by Gasteiger charge is 2.32. The highest BCUT2D eigenvalue weighted by atomic mass is 79.9. The van der Waals surface area contributed by atoms with Crippen LogP contribution in [0, 0.1) is 5.92 Å². The van der Waals surface area contributed by atoms with Gasteiger partial charge in [-0.05, 0) is 40.9 Å². The molecule has 3 unspecified atom stereocenters. The third-order valence-electron chi connectivity index (χ3n) is 3.36. The maximum Gasteiger partial charge on any atom is 0.0649 e. The van der Waals surface area contributed by atoms with Crippen molar-refractivity contribution in [2.75, 3.05) is 6.61 Å². The summed E-state index contributed by atoms with van der Waals surface area (Å²) in [6.45, 7) is 2.88. The Hall–Kier alpha value is -0.450. The van der Waals surface area contributed by atoms with E-state index in [4.69, 9.17) is 4.74 Å². The normalized spacial score (nSPS) is 26.1. The SMILES string of the molecule is CCC1OCCC1C(O)Cc1ccc(Br)cn1. The van der Waals surface area contributed by atoms with Gasteiger partial charge in [0, 0.05) is 35.3 Å². The third kappa shape index (κ3) is 3.27. The highest BCUT2D eigenvalue weighted by molar-refractivity contribution is 9.10. The molecule has 0 bridgehead atoms. The lowest BCUT2D eigenvalue weighted by Crippen LogP contribution is -2.29. The van der Waals surface area contributed by atoms with Crippen molar-refractivity contribution in [1.29, 1.82) is 0 Å². The first-order valence-corrected chi connectivity index (χ1v) is 6.90. The molecule has 94 valence electrons. The van der Waals surface area contributed by atoms with Gasteiger partial charge in [-0.1, -0.05) is 6.92 Å². The maximum atomic E-state index is 10.2. The summed E-state index contributed by atoms with van der Waals surface area (Å²) >= 11 is 3.35. The first-order valence-electron chi connectivity index (χ1n) is 6.10. The second-order valence-corrected chi connectivity index (χ2v) is 5.42. The third-order valence-corrected chi connectivity index (χ3v) is 3.83. The van der Waals surface area contributed by atoms with Crippen LogP contribution in [0.4, 0.5) is 0 Å². The zero-order chi connectivity index (χ0) is 12.3. The van der Waals surface area contributed by atoms with Crippen molar-refractivity contribution in [2.24, 2.45) is 5.92 Å². The van der Waals surface area contributed by atoms with Gasteiger partial charge in [-0.3, -0.25) is 4.98 Å². The van der Waals surface area contributed by atoms with E-state index in [0.717, 1.165) is 29.6 Å². The number of hydrogen-bond acceptors (Lipinski definition) is 3. The molecule has 1 N–H and O–H groups in total. The molecule has 0 radical (unpaired) electrons. The molecule has 1 fully saturated rings. The van der Waals surface area contributed by atoms with Crippen LogP contribution in [0.2, 0.25) is 0 Å².